The summed E-state index contributed by atoms with van der Waals surface area (Å²) in [4.78, 5) is 21.0. The Balaban J connectivity index is 2.41. The summed E-state index contributed by atoms with van der Waals surface area (Å²) in [6.45, 7) is 0. The minimum Gasteiger partial charge on any atom is -0.481 e. The molecule has 0 radical (unpaired) electrons. The van der Waals surface area contributed by atoms with Gasteiger partial charge in [0.25, 0.3) is 0 Å². The highest BCUT2D eigenvalue weighted by atomic mass is 16.4. The van der Waals surface area contributed by atoms with Crippen LogP contribution in [0.4, 0.5) is 0 Å². The van der Waals surface area contributed by atoms with E-state index < -0.39 is 11.9 Å². The zero-order chi connectivity index (χ0) is 9.84. The van der Waals surface area contributed by atoms with Gasteiger partial charge in [-0.3, -0.25) is 9.59 Å². The van der Waals surface area contributed by atoms with E-state index in [0.717, 1.165) is 12.8 Å². The van der Waals surface area contributed by atoms with E-state index >= 15 is 0 Å². The Morgan fingerprint density at radius 3 is 2.46 bits per heavy atom. The number of aliphatic carboxylic acids is 2. The van der Waals surface area contributed by atoms with Crippen molar-refractivity contribution in [2.24, 2.45) is 11.8 Å². The fraction of sp³-hybridized carbons (Fsp3) is 0.778. The van der Waals surface area contributed by atoms with E-state index in [9.17, 15) is 9.59 Å². The molecule has 1 aliphatic carbocycles. The number of rotatable bonds is 3. The monoisotopic (exact) mass is 186 g/mol. The number of hydrogen-bond donors (Lipinski definition) is 2. The summed E-state index contributed by atoms with van der Waals surface area (Å²) < 4.78 is 0. The van der Waals surface area contributed by atoms with Crippen LogP contribution in [0.3, 0.4) is 0 Å². The lowest BCUT2D eigenvalue weighted by molar-refractivity contribution is -0.145. The van der Waals surface area contributed by atoms with Crippen LogP contribution in [-0.4, -0.2) is 22.2 Å². The molecule has 1 fully saturated rings. The molecule has 0 aromatic heterocycles. The SMILES string of the molecule is O=C(O)C[C@@H]1CCC[C@H](C(=O)O)C1. The first-order valence-electron chi connectivity index (χ1n) is 4.54. The number of carboxylic acids is 2. The largest absolute Gasteiger partial charge is 0.481 e. The second-order valence-electron chi connectivity index (χ2n) is 3.67. The fourth-order valence-electron chi connectivity index (χ4n) is 1.95. The van der Waals surface area contributed by atoms with Gasteiger partial charge in [0, 0.05) is 6.42 Å². The van der Waals surface area contributed by atoms with Crippen LogP contribution in [0.25, 0.3) is 0 Å². The summed E-state index contributed by atoms with van der Waals surface area (Å²) in [6, 6.07) is 0. The third-order valence-corrected chi connectivity index (χ3v) is 2.60. The van der Waals surface area contributed by atoms with Crippen molar-refractivity contribution >= 4 is 11.9 Å². The molecule has 1 rings (SSSR count). The third kappa shape index (κ3) is 3.05. The Labute approximate surface area is 76.6 Å². The van der Waals surface area contributed by atoms with Crippen molar-refractivity contribution in [2.45, 2.75) is 32.1 Å². The molecule has 1 aliphatic rings. The molecule has 2 atom stereocenters. The first kappa shape index (κ1) is 10.0. The van der Waals surface area contributed by atoms with Crippen LogP contribution in [0.2, 0.25) is 0 Å². The van der Waals surface area contributed by atoms with E-state index in [2.05, 4.69) is 0 Å². The van der Waals surface area contributed by atoms with Crippen LogP contribution < -0.4 is 0 Å². The quantitative estimate of drug-likeness (QED) is 0.697. The Morgan fingerprint density at radius 2 is 1.92 bits per heavy atom. The molecule has 0 heterocycles. The minimum absolute atomic E-state index is 0.0624. The molecule has 0 unspecified atom stereocenters. The van der Waals surface area contributed by atoms with Gasteiger partial charge in [0.05, 0.1) is 5.92 Å². The molecule has 0 saturated heterocycles. The maximum atomic E-state index is 10.6. The maximum Gasteiger partial charge on any atom is 0.306 e. The molecule has 4 nitrogen and oxygen atoms in total. The van der Waals surface area contributed by atoms with Crippen molar-refractivity contribution in [3.63, 3.8) is 0 Å². The molecular weight excluding hydrogens is 172 g/mol. The van der Waals surface area contributed by atoms with E-state index in [-0.39, 0.29) is 18.3 Å². The van der Waals surface area contributed by atoms with Crippen LogP contribution >= 0.6 is 0 Å². The van der Waals surface area contributed by atoms with Gasteiger partial charge in [-0.1, -0.05) is 6.42 Å². The summed E-state index contributed by atoms with van der Waals surface area (Å²) >= 11 is 0. The van der Waals surface area contributed by atoms with Gasteiger partial charge in [0.1, 0.15) is 0 Å². The highest BCUT2D eigenvalue weighted by Crippen LogP contribution is 2.31. The van der Waals surface area contributed by atoms with Crippen molar-refractivity contribution in [3.05, 3.63) is 0 Å². The molecular formula is C9H14O4. The van der Waals surface area contributed by atoms with E-state index in [0.29, 0.717) is 12.8 Å². The summed E-state index contributed by atoms with van der Waals surface area (Å²) in [7, 11) is 0. The van der Waals surface area contributed by atoms with Crippen LogP contribution in [-0.2, 0) is 9.59 Å². The molecule has 74 valence electrons. The predicted molar refractivity (Wildman–Crippen MR) is 45.3 cm³/mol. The van der Waals surface area contributed by atoms with Crippen LogP contribution in [0.15, 0.2) is 0 Å². The lowest BCUT2D eigenvalue weighted by Crippen LogP contribution is -2.23. The average Bonchev–Trinajstić information content (AvgIpc) is 2.03. The predicted octanol–water partition coefficient (Wildman–Crippen LogP) is 1.35. The van der Waals surface area contributed by atoms with Crippen LogP contribution in [0.5, 0.6) is 0 Å². The Bertz CT molecular complexity index is 212. The zero-order valence-electron chi connectivity index (χ0n) is 7.40. The number of hydrogen-bond acceptors (Lipinski definition) is 2. The summed E-state index contributed by atoms with van der Waals surface area (Å²) in [6.07, 6.45) is 3.04. The van der Waals surface area contributed by atoms with Gasteiger partial charge in [-0.25, -0.2) is 0 Å². The number of carboxylic acid groups (broad SMARTS) is 2. The molecule has 0 bridgehead atoms. The zero-order valence-corrected chi connectivity index (χ0v) is 7.40. The van der Waals surface area contributed by atoms with Crippen molar-refractivity contribution < 1.29 is 19.8 Å². The molecule has 2 N–H and O–H groups in total. The molecule has 1 saturated carbocycles. The molecule has 4 heteroatoms. The highest BCUT2D eigenvalue weighted by Gasteiger charge is 2.27. The molecule has 0 spiro atoms. The fourth-order valence-corrected chi connectivity index (χ4v) is 1.95. The molecule has 0 amide bonds. The first-order chi connectivity index (χ1) is 6.09. The van der Waals surface area contributed by atoms with Crippen molar-refractivity contribution in [2.75, 3.05) is 0 Å². The highest BCUT2D eigenvalue weighted by molar-refractivity contribution is 5.70. The van der Waals surface area contributed by atoms with Crippen molar-refractivity contribution in [1.29, 1.82) is 0 Å². The van der Waals surface area contributed by atoms with Crippen molar-refractivity contribution in [1.82, 2.24) is 0 Å². The maximum absolute atomic E-state index is 10.6. The smallest absolute Gasteiger partial charge is 0.306 e. The summed E-state index contributed by atoms with van der Waals surface area (Å²) in [5.74, 6) is -1.86. The Kier molecular flexibility index (Phi) is 3.28. The minimum atomic E-state index is -0.823. The molecule has 0 aliphatic heterocycles. The van der Waals surface area contributed by atoms with E-state index in [1.165, 1.54) is 0 Å². The lowest BCUT2D eigenvalue weighted by atomic mass is 9.80. The number of carbonyl (C=O) groups is 2. The third-order valence-electron chi connectivity index (χ3n) is 2.60. The second kappa shape index (κ2) is 4.25. The topological polar surface area (TPSA) is 74.6 Å². The normalized spacial score (nSPS) is 28.3. The van der Waals surface area contributed by atoms with E-state index in [1.807, 2.05) is 0 Å². The van der Waals surface area contributed by atoms with Crippen LogP contribution in [0.1, 0.15) is 32.1 Å². The summed E-state index contributed by atoms with van der Waals surface area (Å²) in [5, 5.41) is 17.3. The van der Waals surface area contributed by atoms with E-state index in [1.54, 1.807) is 0 Å². The molecule has 0 aromatic carbocycles. The van der Waals surface area contributed by atoms with Gasteiger partial charge in [-0.05, 0) is 25.2 Å². The molecule has 0 aromatic rings. The Morgan fingerprint density at radius 1 is 1.23 bits per heavy atom. The molecule has 13 heavy (non-hydrogen) atoms. The summed E-state index contributed by atoms with van der Waals surface area (Å²) in [5.41, 5.74) is 0. The van der Waals surface area contributed by atoms with Gasteiger partial charge in [-0.15, -0.1) is 0 Å². The van der Waals surface area contributed by atoms with E-state index in [4.69, 9.17) is 10.2 Å². The van der Waals surface area contributed by atoms with Gasteiger partial charge in [0.2, 0.25) is 0 Å². The van der Waals surface area contributed by atoms with Gasteiger partial charge in [0.15, 0.2) is 0 Å². The Hall–Kier alpha value is -1.06. The average molecular weight is 186 g/mol. The lowest BCUT2D eigenvalue weighted by Gasteiger charge is -2.25. The first-order valence-corrected chi connectivity index (χ1v) is 4.54. The van der Waals surface area contributed by atoms with Gasteiger partial charge in [-0.2, -0.15) is 0 Å². The second-order valence-corrected chi connectivity index (χ2v) is 3.67. The van der Waals surface area contributed by atoms with Gasteiger partial charge >= 0.3 is 11.9 Å². The standard InChI is InChI=1S/C9H14O4/c10-8(11)5-6-2-1-3-7(4-6)9(12)13/h6-7H,1-5H2,(H,10,11)(H,12,13)/t6-,7+/m1/s1. The van der Waals surface area contributed by atoms with Gasteiger partial charge < -0.3 is 10.2 Å². The van der Waals surface area contributed by atoms with Crippen LogP contribution in [0, 0.1) is 11.8 Å². The van der Waals surface area contributed by atoms with Crippen molar-refractivity contribution in [3.8, 4) is 0 Å².